The molecule has 2 aromatic rings. The highest BCUT2D eigenvalue weighted by atomic mass is 16.5. The molecule has 0 saturated heterocycles. The van der Waals surface area contributed by atoms with Crippen LogP contribution in [0.1, 0.15) is 49.7 Å². The molecule has 4 fully saturated rings. The third-order valence-corrected chi connectivity index (χ3v) is 8.11. The Morgan fingerprint density at radius 2 is 1.48 bits per heavy atom. The second kappa shape index (κ2) is 8.26. The Hall–Kier alpha value is -1.84. The minimum absolute atomic E-state index is 0.340. The van der Waals surface area contributed by atoms with Gasteiger partial charge in [-0.05, 0) is 79.4 Å². The zero-order chi connectivity index (χ0) is 21.5. The molecule has 0 spiro atoms. The molecule has 4 aliphatic rings. The summed E-state index contributed by atoms with van der Waals surface area (Å²) in [6.07, 6.45) is 8.15. The number of nitrogens with zero attached hydrogens (tertiary/aromatic N) is 1. The fraction of sp³-hybridized carbons (Fsp3) is 0.571. The van der Waals surface area contributed by atoms with Gasteiger partial charge in [-0.2, -0.15) is 0 Å². The van der Waals surface area contributed by atoms with Gasteiger partial charge in [-0.1, -0.05) is 42.5 Å². The third-order valence-electron chi connectivity index (χ3n) is 8.11. The van der Waals surface area contributed by atoms with Crippen LogP contribution in [0.25, 0.3) is 0 Å². The summed E-state index contributed by atoms with van der Waals surface area (Å²) < 4.78 is 6.71. The van der Waals surface area contributed by atoms with Gasteiger partial charge in [0, 0.05) is 5.56 Å². The highest BCUT2D eigenvalue weighted by Crippen LogP contribution is 2.60. The number of hydrogen-bond donors (Lipinski definition) is 1. The molecular formula is C28H38NO2+. The maximum Gasteiger partial charge on any atom is 0.137 e. The van der Waals surface area contributed by atoms with E-state index in [-0.39, 0.29) is 0 Å². The van der Waals surface area contributed by atoms with Crippen molar-refractivity contribution in [2.45, 2.75) is 56.6 Å². The van der Waals surface area contributed by atoms with E-state index in [1.807, 2.05) is 6.07 Å². The first-order valence-electron chi connectivity index (χ1n) is 12.2. The number of likely N-dealkylation sites (N-methyl/N-ethyl adjacent to an activating group) is 1. The number of ether oxygens (including phenoxy) is 1. The van der Waals surface area contributed by atoms with Gasteiger partial charge in [0.15, 0.2) is 0 Å². The smallest absolute Gasteiger partial charge is 0.137 e. The molecule has 0 amide bonds. The second-order valence-corrected chi connectivity index (χ2v) is 11.4. The SMILES string of the molecule is C[N+](C)(Cc1ccccc1)CC(O)COc1ccc(C23CC4CC(CC(C4)C2)C3)cc1. The molecule has 0 aromatic heterocycles. The normalized spacial score (nSPS) is 30.4. The minimum atomic E-state index is -0.485. The molecule has 31 heavy (non-hydrogen) atoms. The van der Waals surface area contributed by atoms with Crippen molar-refractivity contribution in [3.8, 4) is 5.75 Å². The van der Waals surface area contributed by atoms with E-state index in [1.54, 1.807) is 0 Å². The van der Waals surface area contributed by atoms with Crippen LogP contribution in [-0.2, 0) is 12.0 Å². The Kier molecular flexibility index (Phi) is 5.60. The first kappa shape index (κ1) is 21.0. The van der Waals surface area contributed by atoms with Crippen LogP contribution in [0.2, 0.25) is 0 Å². The number of benzene rings is 2. The number of hydrogen-bond acceptors (Lipinski definition) is 2. The maximum atomic E-state index is 10.6. The van der Waals surface area contributed by atoms with Gasteiger partial charge in [-0.3, -0.25) is 0 Å². The molecule has 0 heterocycles. The standard InChI is InChI=1S/C28H38NO2/c1-29(2,18-21-6-4-3-5-7-21)19-26(30)20-31-27-10-8-25(9-11-27)28-15-22-12-23(16-28)14-24(13-22)17-28/h3-11,22-24,26,30H,12-20H2,1-2H3/q+1. The molecule has 1 unspecified atom stereocenters. The van der Waals surface area contributed by atoms with Crippen LogP contribution in [-0.4, -0.2) is 42.9 Å². The average molecular weight is 421 g/mol. The Morgan fingerprint density at radius 3 is 2.06 bits per heavy atom. The quantitative estimate of drug-likeness (QED) is 0.597. The zero-order valence-electron chi connectivity index (χ0n) is 19.2. The topological polar surface area (TPSA) is 29.5 Å². The summed E-state index contributed by atoms with van der Waals surface area (Å²) >= 11 is 0. The first-order chi connectivity index (χ1) is 14.9. The predicted molar refractivity (Wildman–Crippen MR) is 125 cm³/mol. The Labute approximate surface area is 187 Å². The summed E-state index contributed by atoms with van der Waals surface area (Å²) in [5.41, 5.74) is 3.26. The van der Waals surface area contributed by atoms with Gasteiger partial charge in [0.2, 0.25) is 0 Å². The fourth-order valence-electron chi connectivity index (χ4n) is 7.33. The molecule has 3 heteroatoms. The Bertz CT molecular complexity index is 838. The van der Waals surface area contributed by atoms with E-state index >= 15 is 0 Å². The minimum Gasteiger partial charge on any atom is -0.491 e. The molecule has 2 aromatic carbocycles. The maximum absolute atomic E-state index is 10.6. The zero-order valence-corrected chi connectivity index (χ0v) is 19.2. The fourth-order valence-corrected chi connectivity index (χ4v) is 7.33. The van der Waals surface area contributed by atoms with Crippen molar-refractivity contribution in [3.63, 3.8) is 0 Å². The Balaban J connectivity index is 1.15. The molecule has 3 nitrogen and oxygen atoms in total. The number of aliphatic hydroxyl groups is 1. The van der Waals surface area contributed by atoms with Gasteiger partial charge >= 0.3 is 0 Å². The van der Waals surface area contributed by atoms with E-state index in [0.29, 0.717) is 18.6 Å². The van der Waals surface area contributed by atoms with Crippen LogP contribution in [0.15, 0.2) is 54.6 Å². The lowest BCUT2D eigenvalue weighted by molar-refractivity contribution is -0.906. The van der Waals surface area contributed by atoms with Crippen molar-refractivity contribution >= 4 is 0 Å². The molecule has 6 rings (SSSR count). The van der Waals surface area contributed by atoms with Gasteiger partial charge in [0.25, 0.3) is 0 Å². The van der Waals surface area contributed by atoms with E-state index < -0.39 is 6.10 Å². The molecule has 1 atom stereocenters. The molecule has 166 valence electrons. The lowest BCUT2D eigenvalue weighted by Gasteiger charge is -2.57. The molecule has 4 saturated carbocycles. The molecule has 4 bridgehead atoms. The van der Waals surface area contributed by atoms with E-state index in [4.69, 9.17) is 4.74 Å². The van der Waals surface area contributed by atoms with Gasteiger partial charge in [-0.15, -0.1) is 0 Å². The lowest BCUT2D eigenvalue weighted by atomic mass is 9.48. The van der Waals surface area contributed by atoms with Crippen LogP contribution in [0.3, 0.4) is 0 Å². The summed E-state index contributed by atoms with van der Waals surface area (Å²) in [5, 5.41) is 10.6. The summed E-state index contributed by atoms with van der Waals surface area (Å²) in [6.45, 7) is 1.91. The summed E-state index contributed by atoms with van der Waals surface area (Å²) in [6, 6.07) is 19.4. The van der Waals surface area contributed by atoms with Crippen molar-refractivity contribution < 1.29 is 14.3 Å². The van der Waals surface area contributed by atoms with Crippen LogP contribution in [0.4, 0.5) is 0 Å². The molecule has 1 N–H and O–H groups in total. The summed E-state index contributed by atoms with van der Waals surface area (Å²) in [7, 11) is 4.33. The van der Waals surface area contributed by atoms with Gasteiger partial charge < -0.3 is 14.3 Å². The number of aliphatic hydroxyl groups excluding tert-OH is 1. The molecule has 4 aliphatic carbocycles. The van der Waals surface area contributed by atoms with E-state index in [2.05, 4.69) is 62.6 Å². The van der Waals surface area contributed by atoms with Crippen molar-refractivity contribution in [1.29, 1.82) is 0 Å². The van der Waals surface area contributed by atoms with Crippen molar-refractivity contribution in [2.75, 3.05) is 27.2 Å². The van der Waals surface area contributed by atoms with Crippen LogP contribution in [0.5, 0.6) is 5.75 Å². The van der Waals surface area contributed by atoms with Crippen LogP contribution in [0, 0.1) is 17.8 Å². The molecule has 0 radical (unpaired) electrons. The van der Waals surface area contributed by atoms with Crippen LogP contribution < -0.4 is 4.74 Å². The highest BCUT2D eigenvalue weighted by molar-refractivity contribution is 5.34. The largest absolute Gasteiger partial charge is 0.491 e. The molecular weight excluding hydrogens is 382 g/mol. The predicted octanol–water partition coefficient (Wildman–Crippen LogP) is 5.17. The van der Waals surface area contributed by atoms with E-state index in [0.717, 1.165) is 34.5 Å². The van der Waals surface area contributed by atoms with E-state index in [9.17, 15) is 5.11 Å². The van der Waals surface area contributed by atoms with Crippen molar-refractivity contribution in [3.05, 3.63) is 65.7 Å². The van der Waals surface area contributed by atoms with Gasteiger partial charge in [0.1, 0.15) is 31.5 Å². The van der Waals surface area contributed by atoms with Crippen LogP contribution >= 0.6 is 0 Å². The number of rotatable bonds is 8. The second-order valence-electron chi connectivity index (χ2n) is 11.4. The monoisotopic (exact) mass is 420 g/mol. The Morgan fingerprint density at radius 1 is 0.903 bits per heavy atom. The third kappa shape index (κ3) is 4.68. The van der Waals surface area contributed by atoms with E-state index in [1.165, 1.54) is 49.7 Å². The van der Waals surface area contributed by atoms with Gasteiger partial charge in [0.05, 0.1) is 14.1 Å². The number of quaternary nitrogens is 1. The summed E-state index contributed by atoms with van der Waals surface area (Å²) in [5.74, 6) is 3.78. The summed E-state index contributed by atoms with van der Waals surface area (Å²) in [4.78, 5) is 0. The average Bonchev–Trinajstić information content (AvgIpc) is 2.72. The van der Waals surface area contributed by atoms with Crippen molar-refractivity contribution in [1.82, 2.24) is 0 Å². The lowest BCUT2D eigenvalue weighted by Crippen LogP contribution is -2.48. The van der Waals surface area contributed by atoms with Gasteiger partial charge in [-0.25, -0.2) is 0 Å². The first-order valence-corrected chi connectivity index (χ1v) is 12.2. The highest BCUT2D eigenvalue weighted by Gasteiger charge is 2.51. The molecule has 0 aliphatic heterocycles. The van der Waals surface area contributed by atoms with Crippen molar-refractivity contribution in [2.24, 2.45) is 17.8 Å².